The zero-order valence-electron chi connectivity index (χ0n) is 11.5. The number of Topliss-reactive ketones (excluding diaryl/α,β-unsaturated/α-hetero) is 1. The molecule has 1 unspecified atom stereocenters. The predicted octanol–water partition coefficient (Wildman–Crippen LogP) is 1.83. The normalized spacial score (nSPS) is 16.5. The van der Waals surface area contributed by atoms with E-state index >= 15 is 0 Å². The van der Waals surface area contributed by atoms with E-state index in [1.165, 1.54) is 6.07 Å². The van der Waals surface area contributed by atoms with Crippen LogP contribution in [0.4, 0.5) is 5.69 Å². The Bertz CT molecular complexity index is 702. The molecule has 1 atom stereocenters. The highest BCUT2D eigenvalue weighted by Crippen LogP contribution is 2.41. The molecule has 3 rings (SSSR count). The number of hydrogen-bond donors (Lipinski definition) is 0. The van der Waals surface area contributed by atoms with Crippen LogP contribution in [0.3, 0.4) is 0 Å². The summed E-state index contributed by atoms with van der Waals surface area (Å²) in [6.45, 7) is 0. The molecule has 2 aromatic rings. The highest BCUT2D eigenvalue weighted by molar-refractivity contribution is 5.85. The van der Waals surface area contributed by atoms with Crippen molar-refractivity contribution in [1.82, 2.24) is 14.8 Å². The van der Waals surface area contributed by atoms with E-state index in [-0.39, 0.29) is 23.3 Å². The monoisotopic (exact) mass is 286 g/mol. The van der Waals surface area contributed by atoms with Crippen molar-refractivity contribution in [3.05, 3.63) is 52.1 Å². The minimum Gasteiger partial charge on any atom is -0.320 e. The molecule has 1 aromatic heterocycles. The number of hydrogen-bond acceptors (Lipinski definition) is 5. The summed E-state index contributed by atoms with van der Waals surface area (Å²) >= 11 is 0. The maximum atomic E-state index is 11.3. The van der Waals surface area contributed by atoms with Crippen molar-refractivity contribution >= 4 is 11.5 Å². The lowest BCUT2D eigenvalue weighted by Gasteiger charge is -2.32. The quantitative estimate of drug-likeness (QED) is 0.631. The first-order valence-corrected chi connectivity index (χ1v) is 6.66. The number of carbonyl (C=O) groups is 1. The first-order valence-electron chi connectivity index (χ1n) is 6.66. The summed E-state index contributed by atoms with van der Waals surface area (Å²) in [6, 6.07) is 6.53. The average molecular weight is 286 g/mol. The van der Waals surface area contributed by atoms with Gasteiger partial charge in [0.25, 0.3) is 5.69 Å². The summed E-state index contributed by atoms with van der Waals surface area (Å²) in [7, 11) is 1.83. The number of aryl methyl sites for hydroxylation is 1. The third kappa shape index (κ3) is 2.42. The third-order valence-electron chi connectivity index (χ3n) is 3.92. The Morgan fingerprint density at radius 3 is 2.76 bits per heavy atom. The molecule has 0 N–H and O–H groups in total. The van der Waals surface area contributed by atoms with E-state index in [4.69, 9.17) is 0 Å². The molecular formula is C14H14N4O3. The smallest absolute Gasteiger partial charge is 0.269 e. The van der Waals surface area contributed by atoms with Gasteiger partial charge in [-0.2, -0.15) is 0 Å². The number of ketones is 1. The summed E-state index contributed by atoms with van der Waals surface area (Å²) in [5.41, 5.74) is 0.850. The first kappa shape index (κ1) is 13.4. The molecule has 1 heterocycles. The number of nitro groups is 1. The molecule has 1 aliphatic rings. The van der Waals surface area contributed by atoms with Gasteiger partial charge in [-0.15, -0.1) is 10.2 Å². The second kappa shape index (κ2) is 5.08. The number of rotatable bonds is 4. The van der Waals surface area contributed by atoms with Crippen LogP contribution < -0.4 is 0 Å². The van der Waals surface area contributed by atoms with E-state index in [9.17, 15) is 14.9 Å². The molecule has 7 nitrogen and oxygen atoms in total. The molecule has 1 aromatic carbocycles. The van der Waals surface area contributed by atoms with Crippen LogP contribution in [0, 0.1) is 16.0 Å². The molecule has 21 heavy (non-hydrogen) atoms. The molecule has 7 heteroatoms. The Morgan fingerprint density at radius 2 is 2.19 bits per heavy atom. The molecular weight excluding hydrogens is 272 g/mol. The van der Waals surface area contributed by atoms with E-state index < -0.39 is 4.92 Å². The molecule has 108 valence electrons. The largest absolute Gasteiger partial charge is 0.320 e. The maximum Gasteiger partial charge on any atom is 0.269 e. The Labute approximate surface area is 120 Å². The summed E-state index contributed by atoms with van der Waals surface area (Å²) in [6.07, 6.45) is 2.57. The Hall–Kier alpha value is -2.57. The molecule has 1 aliphatic carbocycles. The third-order valence-corrected chi connectivity index (χ3v) is 3.92. The van der Waals surface area contributed by atoms with Crippen LogP contribution in [-0.2, 0) is 11.8 Å². The predicted molar refractivity (Wildman–Crippen MR) is 73.7 cm³/mol. The lowest BCUT2D eigenvalue weighted by molar-refractivity contribution is -0.384. The van der Waals surface area contributed by atoms with Crippen molar-refractivity contribution in [1.29, 1.82) is 0 Å². The van der Waals surface area contributed by atoms with Crippen molar-refractivity contribution in [2.75, 3.05) is 0 Å². The van der Waals surface area contributed by atoms with Crippen molar-refractivity contribution < 1.29 is 9.72 Å². The lowest BCUT2D eigenvalue weighted by atomic mass is 9.71. The fourth-order valence-electron chi connectivity index (χ4n) is 2.80. The molecule has 0 spiro atoms. The minimum atomic E-state index is -0.414. The highest BCUT2D eigenvalue weighted by atomic mass is 16.6. The van der Waals surface area contributed by atoms with Gasteiger partial charge in [0.1, 0.15) is 17.9 Å². The van der Waals surface area contributed by atoms with Crippen LogP contribution >= 0.6 is 0 Å². The van der Waals surface area contributed by atoms with Crippen molar-refractivity contribution in [2.24, 2.45) is 13.0 Å². The van der Waals surface area contributed by atoms with Crippen LogP contribution in [0.5, 0.6) is 0 Å². The van der Waals surface area contributed by atoms with Crippen LogP contribution in [0.1, 0.15) is 30.1 Å². The fraction of sp³-hybridized carbons (Fsp3) is 0.357. The van der Waals surface area contributed by atoms with Crippen molar-refractivity contribution in [3.63, 3.8) is 0 Å². The van der Waals surface area contributed by atoms with Crippen LogP contribution in [0.15, 0.2) is 30.6 Å². The maximum absolute atomic E-state index is 11.3. The minimum absolute atomic E-state index is 0.0466. The van der Waals surface area contributed by atoms with E-state index in [2.05, 4.69) is 10.2 Å². The first-order chi connectivity index (χ1) is 10.1. The van der Waals surface area contributed by atoms with Crippen LogP contribution in [-0.4, -0.2) is 25.5 Å². The van der Waals surface area contributed by atoms with E-state index in [1.807, 2.05) is 13.1 Å². The van der Waals surface area contributed by atoms with E-state index in [1.54, 1.807) is 23.0 Å². The summed E-state index contributed by atoms with van der Waals surface area (Å²) in [5, 5.41) is 19.0. The molecule has 0 aliphatic heterocycles. The number of nitro benzene ring substituents is 1. The van der Waals surface area contributed by atoms with Gasteiger partial charge < -0.3 is 4.57 Å². The van der Waals surface area contributed by atoms with E-state index in [0.717, 1.165) is 11.4 Å². The SMILES string of the molecule is Cn1cnnc1C(c1cccc([N+](=O)[O-])c1)C1CC(=O)C1. The van der Waals surface area contributed by atoms with Gasteiger partial charge in [-0.1, -0.05) is 12.1 Å². The van der Waals surface area contributed by atoms with Gasteiger partial charge in [0.15, 0.2) is 0 Å². The Kier molecular flexibility index (Phi) is 3.25. The van der Waals surface area contributed by atoms with Gasteiger partial charge in [-0.05, 0) is 11.5 Å². The van der Waals surface area contributed by atoms with Crippen molar-refractivity contribution in [3.8, 4) is 0 Å². The molecule has 0 amide bonds. The Morgan fingerprint density at radius 1 is 1.43 bits per heavy atom. The van der Waals surface area contributed by atoms with Crippen LogP contribution in [0.2, 0.25) is 0 Å². The lowest BCUT2D eigenvalue weighted by Crippen LogP contribution is -2.31. The Balaban J connectivity index is 2.03. The molecule has 0 saturated heterocycles. The fourth-order valence-corrected chi connectivity index (χ4v) is 2.80. The van der Waals surface area contributed by atoms with Gasteiger partial charge in [0.05, 0.1) is 4.92 Å². The van der Waals surface area contributed by atoms with Gasteiger partial charge >= 0.3 is 0 Å². The van der Waals surface area contributed by atoms with Crippen molar-refractivity contribution in [2.45, 2.75) is 18.8 Å². The summed E-state index contributed by atoms with van der Waals surface area (Å²) < 4.78 is 1.80. The number of nitrogens with zero attached hydrogens (tertiary/aromatic N) is 4. The highest BCUT2D eigenvalue weighted by Gasteiger charge is 2.38. The summed E-state index contributed by atoms with van der Waals surface area (Å²) in [5.74, 6) is 0.933. The molecule has 1 saturated carbocycles. The number of aromatic nitrogens is 3. The molecule has 0 radical (unpaired) electrons. The van der Waals surface area contributed by atoms with Gasteiger partial charge in [-0.25, -0.2) is 0 Å². The number of benzene rings is 1. The zero-order chi connectivity index (χ0) is 15.0. The van der Waals surface area contributed by atoms with Gasteiger partial charge in [0.2, 0.25) is 0 Å². The number of non-ortho nitro benzene ring substituents is 1. The standard InChI is InChI=1S/C14H14N4O3/c1-17-8-15-16-14(17)13(10-6-12(19)7-10)9-3-2-4-11(5-9)18(20)21/h2-5,8,10,13H,6-7H2,1H3. The second-order valence-electron chi connectivity index (χ2n) is 5.34. The number of carbonyl (C=O) groups excluding carboxylic acids is 1. The molecule has 0 bridgehead atoms. The zero-order valence-corrected chi connectivity index (χ0v) is 11.5. The topological polar surface area (TPSA) is 90.9 Å². The average Bonchev–Trinajstić information content (AvgIpc) is 2.84. The van der Waals surface area contributed by atoms with Gasteiger partial charge in [0, 0.05) is 37.9 Å². The second-order valence-corrected chi connectivity index (χ2v) is 5.34. The van der Waals surface area contributed by atoms with Gasteiger partial charge in [-0.3, -0.25) is 14.9 Å². The summed E-state index contributed by atoms with van der Waals surface area (Å²) in [4.78, 5) is 21.9. The van der Waals surface area contributed by atoms with Crippen LogP contribution in [0.25, 0.3) is 0 Å². The molecule has 1 fully saturated rings. The van der Waals surface area contributed by atoms with E-state index in [0.29, 0.717) is 12.8 Å².